The quantitative estimate of drug-likeness (QED) is 0.711. The normalized spacial score (nSPS) is 10.5. The number of aromatic nitrogens is 5. The van der Waals surface area contributed by atoms with Gasteiger partial charge in [-0.05, 0) is 34.7 Å². The molecule has 0 bridgehead atoms. The highest BCUT2D eigenvalue weighted by molar-refractivity contribution is 5.97. The fourth-order valence-corrected chi connectivity index (χ4v) is 2.26. The van der Waals surface area contributed by atoms with Crippen molar-refractivity contribution in [2.45, 2.75) is 6.42 Å². The summed E-state index contributed by atoms with van der Waals surface area (Å²) in [7, 11) is 1.78. The third-order valence-corrected chi connectivity index (χ3v) is 3.51. The molecule has 0 aliphatic carbocycles. The fourth-order valence-electron chi connectivity index (χ4n) is 2.26. The van der Waals surface area contributed by atoms with Gasteiger partial charge in [-0.25, -0.2) is 0 Å². The number of pyridine rings is 1. The van der Waals surface area contributed by atoms with Crippen LogP contribution in [0.4, 0.5) is 0 Å². The zero-order chi connectivity index (χ0) is 16.1. The minimum atomic E-state index is -0.0768. The molecule has 1 aromatic carbocycles. The van der Waals surface area contributed by atoms with E-state index in [0.717, 1.165) is 5.69 Å². The van der Waals surface area contributed by atoms with Crippen LogP contribution in [0.1, 0.15) is 16.1 Å². The van der Waals surface area contributed by atoms with Crippen molar-refractivity contribution in [3.05, 3.63) is 66.2 Å². The molecule has 7 nitrogen and oxygen atoms in total. The van der Waals surface area contributed by atoms with Crippen molar-refractivity contribution in [3.63, 3.8) is 0 Å². The van der Waals surface area contributed by atoms with Gasteiger partial charge in [0.1, 0.15) is 6.33 Å². The molecule has 0 saturated carbocycles. The molecule has 2 aromatic heterocycles. The second-order valence-electron chi connectivity index (χ2n) is 5.07. The average molecular weight is 308 g/mol. The van der Waals surface area contributed by atoms with Crippen molar-refractivity contribution in [2.75, 3.05) is 13.6 Å². The zero-order valence-corrected chi connectivity index (χ0v) is 12.7. The first-order valence-corrected chi connectivity index (χ1v) is 7.23. The van der Waals surface area contributed by atoms with Gasteiger partial charge in [0.2, 0.25) is 0 Å². The van der Waals surface area contributed by atoms with Gasteiger partial charge in [0.05, 0.1) is 11.3 Å². The smallest absolute Gasteiger partial charge is 0.255 e. The predicted molar refractivity (Wildman–Crippen MR) is 84.1 cm³/mol. The van der Waals surface area contributed by atoms with Crippen LogP contribution in [0.25, 0.3) is 5.69 Å². The van der Waals surface area contributed by atoms with E-state index in [2.05, 4.69) is 20.5 Å². The van der Waals surface area contributed by atoms with Crippen LogP contribution < -0.4 is 0 Å². The predicted octanol–water partition coefficient (Wildman–Crippen LogP) is 1.37. The second kappa shape index (κ2) is 6.78. The Morgan fingerprint density at radius 1 is 1.17 bits per heavy atom. The summed E-state index contributed by atoms with van der Waals surface area (Å²) in [5, 5.41) is 11.1. The van der Waals surface area contributed by atoms with Crippen LogP contribution >= 0.6 is 0 Å². The summed E-state index contributed by atoms with van der Waals surface area (Å²) in [6, 6.07) is 13.0. The largest absolute Gasteiger partial charge is 0.341 e. The molecule has 0 aliphatic heterocycles. The van der Waals surface area contributed by atoms with E-state index in [1.807, 2.05) is 36.4 Å². The summed E-state index contributed by atoms with van der Waals surface area (Å²) in [4.78, 5) is 18.7. The molecule has 0 aliphatic rings. The Bertz CT molecular complexity index is 772. The van der Waals surface area contributed by atoms with Crippen molar-refractivity contribution in [1.82, 2.24) is 30.1 Å². The third kappa shape index (κ3) is 3.39. The number of amides is 1. The van der Waals surface area contributed by atoms with E-state index in [4.69, 9.17) is 0 Å². The SMILES string of the molecule is CN(CCc1ccccn1)C(=O)c1ccccc1-n1cnnn1. The molecular weight excluding hydrogens is 292 g/mol. The molecular formula is C16H16N6O. The van der Waals surface area contributed by atoms with Crippen molar-refractivity contribution in [2.24, 2.45) is 0 Å². The molecule has 7 heteroatoms. The van der Waals surface area contributed by atoms with Crippen LogP contribution in [-0.2, 0) is 6.42 Å². The summed E-state index contributed by atoms with van der Waals surface area (Å²) in [6.07, 6.45) is 3.93. The molecule has 23 heavy (non-hydrogen) atoms. The molecule has 0 fully saturated rings. The average Bonchev–Trinajstić information content (AvgIpc) is 3.14. The van der Waals surface area contributed by atoms with Crippen LogP contribution in [0, 0.1) is 0 Å². The van der Waals surface area contributed by atoms with Gasteiger partial charge >= 0.3 is 0 Å². The number of para-hydroxylation sites is 1. The molecule has 0 atom stereocenters. The Morgan fingerprint density at radius 3 is 2.74 bits per heavy atom. The fraction of sp³-hybridized carbons (Fsp3) is 0.188. The molecule has 3 aromatic rings. The van der Waals surface area contributed by atoms with Gasteiger partial charge in [-0.3, -0.25) is 9.78 Å². The van der Waals surface area contributed by atoms with Crippen molar-refractivity contribution < 1.29 is 4.79 Å². The van der Waals surface area contributed by atoms with Gasteiger partial charge in [-0.2, -0.15) is 4.68 Å². The van der Waals surface area contributed by atoms with E-state index in [9.17, 15) is 4.79 Å². The molecule has 0 radical (unpaired) electrons. The van der Waals surface area contributed by atoms with E-state index >= 15 is 0 Å². The number of hydrogen-bond acceptors (Lipinski definition) is 5. The van der Waals surface area contributed by atoms with E-state index in [-0.39, 0.29) is 5.91 Å². The van der Waals surface area contributed by atoms with Crippen molar-refractivity contribution in [3.8, 4) is 5.69 Å². The Morgan fingerprint density at radius 2 is 2.00 bits per heavy atom. The lowest BCUT2D eigenvalue weighted by molar-refractivity contribution is 0.0796. The number of carbonyl (C=O) groups is 1. The number of tetrazole rings is 1. The lowest BCUT2D eigenvalue weighted by Gasteiger charge is -2.18. The highest BCUT2D eigenvalue weighted by atomic mass is 16.2. The Kier molecular flexibility index (Phi) is 4.37. The van der Waals surface area contributed by atoms with Gasteiger partial charge in [0, 0.05) is 31.9 Å². The number of rotatable bonds is 5. The standard InChI is InChI=1S/C16H16N6O/c1-21(11-9-13-6-4-5-10-17-13)16(23)14-7-2-3-8-15(14)22-12-18-19-20-22/h2-8,10,12H,9,11H2,1H3. The van der Waals surface area contributed by atoms with Crippen LogP contribution in [0.5, 0.6) is 0 Å². The van der Waals surface area contributed by atoms with Crippen LogP contribution in [0.3, 0.4) is 0 Å². The first kappa shape index (κ1) is 14.8. The Labute approximate surface area is 133 Å². The molecule has 0 N–H and O–H groups in total. The molecule has 0 spiro atoms. The molecule has 2 heterocycles. The monoisotopic (exact) mass is 308 g/mol. The maximum atomic E-state index is 12.7. The van der Waals surface area contributed by atoms with Gasteiger partial charge in [-0.15, -0.1) is 5.10 Å². The number of nitrogens with zero attached hydrogens (tertiary/aromatic N) is 6. The summed E-state index contributed by atoms with van der Waals surface area (Å²) < 4.78 is 1.49. The van der Waals surface area contributed by atoms with Gasteiger partial charge < -0.3 is 4.90 Å². The summed E-state index contributed by atoms with van der Waals surface area (Å²) >= 11 is 0. The lowest BCUT2D eigenvalue weighted by Crippen LogP contribution is -2.30. The maximum absolute atomic E-state index is 12.7. The van der Waals surface area contributed by atoms with E-state index in [0.29, 0.717) is 24.2 Å². The summed E-state index contributed by atoms with van der Waals surface area (Å²) in [5.41, 5.74) is 2.18. The van der Waals surface area contributed by atoms with Crippen molar-refractivity contribution in [1.29, 1.82) is 0 Å². The lowest BCUT2D eigenvalue weighted by atomic mass is 10.1. The summed E-state index contributed by atoms with van der Waals surface area (Å²) in [6.45, 7) is 0.583. The second-order valence-corrected chi connectivity index (χ2v) is 5.07. The molecule has 0 saturated heterocycles. The number of likely N-dealkylation sites (N-methyl/N-ethyl adjacent to an activating group) is 1. The molecule has 1 amide bonds. The minimum absolute atomic E-state index is 0.0768. The highest BCUT2D eigenvalue weighted by Gasteiger charge is 2.17. The highest BCUT2D eigenvalue weighted by Crippen LogP contribution is 2.14. The van der Waals surface area contributed by atoms with Gasteiger partial charge in [0.25, 0.3) is 5.91 Å². The number of carbonyl (C=O) groups excluding carboxylic acids is 1. The molecule has 3 rings (SSSR count). The first-order chi connectivity index (χ1) is 11.3. The maximum Gasteiger partial charge on any atom is 0.255 e. The molecule has 116 valence electrons. The Balaban J connectivity index is 1.75. The third-order valence-electron chi connectivity index (χ3n) is 3.51. The Hall–Kier alpha value is -3.09. The van der Waals surface area contributed by atoms with E-state index < -0.39 is 0 Å². The molecule has 0 unspecified atom stereocenters. The van der Waals surface area contributed by atoms with Gasteiger partial charge in [-0.1, -0.05) is 18.2 Å². The van der Waals surface area contributed by atoms with E-state index in [1.165, 1.54) is 11.0 Å². The minimum Gasteiger partial charge on any atom is -0.341 e. The zero-order valence-electron chi connectivity index (χ0n) is 12.7. The topological polar surface area (TPSA) is 76.8 Å². The number of hydrogen-bond donors (Lipinski definition) is 0. The van der Waals surface area contributed by atoms with Crippen LogP contribution in [0.2, 0.25) is 0 Å². The van der Waals surface area contributed by atoms with Crippen molar-refractivity contribution >= 4 is 5.91 Å². The first-order valence-electron chi connectivity index (χ1n) is 7.23. The number of benzene rings is 1. The van der Waals surface area contributed by atoms with Gasteiger partial charge in [0.15, 0.2) is 0 Å². The van der Waals surface area contributed by atoms with Crippen LogP contribution in [0.15, 0.2) is 55.0 Å². The summed E-state index contributed by atoms with van der Waals surface area (Å²) in [5.74, 6) is -0.0768. The van der Waals surface area contributed by atoms with Crippen LogP contribution in [-0.4, -0.2) is 49.6 Å². The van der Waals surface area contributed by atoms with E-state index in [1.54, 1.807) is 24.2 Å².